The van der Waals surface area contributed by atoms with Crippen molar-refractivity contribution in [3.63, 3.8) is 0 Å². The molecule has 2 aliphatic rings. The lowest BCUT2D eigenvalue weighted by Crippen LogP contribution is -2.43. The predicted molar refractivity (Wildman–Crippen MR) is 83.1 cm³/mol. The van der Waals surface area contributed by atoms with Crippen LogP contribution in [0.2, 0.25) is 0 Å². The van der Waals surface area contributed by atoms with E-state index in [1.807, 2.05) is 26.0 Å². The molecule has 6 heteroatoms. The Kier molecular flexibility index (Phi) is 4.54. The lowest BCUT2D eigenvalue weighted by atomic mass is 9.99. The molecule has 1 unspecified atom stereocenters. The molecule has 0 amide bonds. The third kappa shape index (κ3) is 3.06. The predicted octanol–water partition coefficient (Wildman–Crippen LogP) is 2.08. The number of hydrogen-bond acceptors (Lipinski definition) is 4. The van der Waals surface area contributed by atoms with Crippen molar-refractivity contribution in [2.45, 2.75) is 37.9 Å². The zero-order chi connectivity index (χ0) is 15.7. The lowest BCUT2D eigenvalue weighted by Gasteiger charge is -2.34. The van der Waals surface area contributed by atoms with Gasteiger partial charge in [0.15, 0.2) is 6.29 Å². The third-order valence-corrected chi connectivity index (χ3v) is 6.42. The zero-order valence-electron chi connectivity index (χ0n) is 13.1. The topological polar surface area (TPSA) is 55.8 Å². The van der Waals surface area contributed by atoms with Gasteiger partial charge in [-0.1, -0.05) is 12.1 Å². The summed E-state index contributed by atoms with van der Waals surface area (Å²) >= 11 is 0. The van der Waals surface area contributed by atoms with Gasteiger partial charge in [0, 0.05) is 19.0 Å². The summed E-state index contributed by atoms with van der Waals surface area (Å²) in [6, 6.07) is 5.57. The molecular weight excluding hydrogens is 302 g/mol. The number of rotatable bonds is 3. The van der Waals surface area contributed by atoms with Gasteiger partial charge in [0.2, 0.25) is 10.0 Å². The van der Waals surface area contributed by atoms with Crippen molar-refractivity contribution >= 4 is 10.0 Å². The Morgan fingerprint density at radius 1 is 1.18 bits per heavy atom. The van der Waals surface area contributed by atoms with Gasteiger partial charge in [-0.25, -0.2) is 8.42 Å². The molecule has 1 aromatic rings. The van der Waals surface area contributed by atoms with E-state index in [4.69, 9.17) is 9.47 Å². The fraction of sp³-hybridized carbons (Fsp3) is 0.625. The molecule has 2 heterocycles. The van der Waals surface area contributed by atoms with Crippen molar-refractivity contribution in [2.75, 3.05) is 26.3 Å². The van der Waals surface area contributed by atoms with Crippen LogP contribution in [-0.4, -0.2) is 45.3 Å². The summed E-state index contributed by atoms with van der Waals surface area (Å²) in [5, 5.41) is 0. The van der Waals surface area contributed by atoms with E-state index in [9.17, 15) is 8.42 Å². The first kappa shape index (κ1) is 15.9. The van der Waals surface area contributed by atoms with Crippen LogP contribution in [0, 0.1) is 19.8 Å². The van der Waals surface area contributed by atoms with Crippen LogP contribution in [0.1, 0.15) is 24.0 Å². The highest BCUT2D eigenvalue weighted by atomic mass is 32.2. The van der Waals surface area contributed by atoms with E-state index in [1.54, 1.807) is 10.4 Å². The minimum absolute atomic E-state index is 0.121. The maximum absolute atomic E-state index is 13.0. The van der Waals surface area contributed by atoms with E-state index < -0.39 is 10.0 Å². The second kappa shape index (κ2) is 6.28. The van der Waals surface area contributed by atoms with Crippen LogP contribution in [0.25, 0.3) is 0 Å². The molecule has 2 fully saturated rings. The first-order chi connectivity index (χ1) is 10.5. The molecule has 2 saturated heterocycles. The normalized spacial score (nSPS) is 24.7. The Bertz CT molecular complexity index is 638. The SMILES string of the molecule is Cc1ccc(C)c(S(=O)(=O)N2CCCC(C3OCCO3)C2)c1. The Morgan fingerprint density at radius 2 is 1.91 bits per heavy atom. The molecule has 22 heavy (non-hydrogen) atoms. The second-order valence-corrected chi connectivity index (χ2v) is 8.05. The molecule has 5 nitrogen and oxygen atoms in total. The smallest absolute Gasteiger partial charge is 0.243 e. The summed E-state index contributed by atoms with van der Waals surface area (Å²) in [5.41, 5.74) is 1.75. The minimum atomic E-state index is -3.46. The first-order valence-corrected chi connectivity index (χ1v) is 9.23. The molecule has 0 aliphatic carbocycles. The molecule has 0 spiro atoms. The molecule has 122 valence electrons. The van der Waals surface area contributed by atoms with Gasteiger partial charge < -0.3 is 9.47 Å². The Morgan fingerprint density at radius 3 is 2.64 bits per heavy atom. The Labute approximate surface area is 132 Å². The Hall–Kier alpha value is -0.950. The number of benzene rings is 1. The first-order valence-electron chi connectivity index (χ1n) is 7.79. The van der Waals surface area contributed by atoms with Crippen molar-refractivity contribution in [3.8, 4) is 0 Å². The maximum atomic E-state index is 13.0. The number of piperidine rings is 1. The van der Waals surface area contributed by atoms with E-state index >= 15 is 0 Å². The van der Waals surface area contributed by atoms with Crippen LogP contribution >= 0.6 is 0 Å². The fourth-order valence-electron chi connectivity index (χ4n) is 3.19. The highest BCUT2D eigenvalue weighted by molar-refractivity contribution is 7.89. The van der Waals surface area contributed by atoms with Crippen molar-refractivity contribution in [2.24, 2.45) is 5.92 Å². The van der Waals surface area contributed by atoms with Crippen LogP contribution in [0.5, 0.6) is 0 Å². The number of aryl methyl sites for hydroxylation is 2. The molecule has 3 rings (SSSR count). The summed E-state index contributed by atoms with van der Waals surface area (Å²) in [6.45, 7) is 6.00. The summed E-state index contributed by atoms with van der Waals surface area (Å²) in [6.07, 6.45) is 1.54. The van der Waals surface area contributed by atoms with E-state index in [0.29, 0.717) is 31.2 Å². The highest BCUT2D eigenvalue weighted by Crippen LogP contribution is 2.29. The number of sulfonamides is 1. The van der Waals surface area contributed by atoms with Crippen LogP contribution < -0.4 is 0 Å². The minimum Gasteiger partial charge on any atom is -0.350 e. The number of ether oxygens (including phenoxy) is 2. The van der Waals surface area contributed by atoms with Gasteiger partial charge in [0.05, 0.1) is 18.1 Å². The molecule has 0 radical (unpaired) electrons. The molecule has 0 saturated carbocycles. The highest BCUT2D eigenvalue weighted by Gasteiger charge is 2.36. The van der Waals surface area contributed by atoms with Crippen LogP contribution in [-0.2, 0) is 19.5 Å². The van der Waals surface area contributed by atoms with Gasteiger partial charge in [-0.2, -0.15) is 4.31 Å². The summed E-state index contributed by atoms with van der Waals surface area (Å²) < 4.78 is 38.6. The number of hydrogen-bond donors (Lipinski definition) is 0. The molecule has 0 bridgehead atoms. The Balaban J connectivity index is 1.83. The lowest BCUT2D eigenvalue weighted by molar-refractivity contribution is -0.0940. The molecule has 1 aromatic carbocycles. The van der Waals surface area contributed by atoms with Gasteiger partial charge >= 0.3 is 0 Å². The molecular formula is C16H23NO4S. The average Bonchev–Trinajstić information content (AvgIpc) is 3.04. The monoisotopic (exact) mass is 325 g/mol. The van der Waals surface area contributed by atoms with Crippen molar-refractivity contribution in [1.29, 1.82) is 0 Å². The van der Waals surface area contributed by atoms with Gasteiger partial charge in [0.1, 0.15) is 0 Å². The third-order valence-electron chi connectivity index (χ3n) is 4.41. The average molecular weight is 325 g/mol. The molecule has 0 N–H and O–H groups in total. The van der Waals surface area contributed by atoms with E-state index in [-0.39, 0.29) is 12.2 Å². The fourth-order valence-corrected chi connectivity index (χ4v) is 5.03. The van der Waals surface area contributed by atoms with Crippen LogP contribution in [0.15, 0.2) is 23.1 Å². The molecule has 1 atom stereocenters. The van der Waals surface area contributed by atoms with E-state index in [2.05, 4.69) is 0 Å². The summed E-state index contributed by atoms with van der Waals surface area (Å²) in [5.74, 6) is 0.121. The number of nitrogens with zero attached hydrogens (tertiary/aromatic N) is 1. The standard InChI is InChI=1S/C16H23NO4S/c1-12-5-6-13(2)15(10-12)22(18,19)17-7-3-4-14(11-17)16-20-8-9-21-16/h5-6,10,14,16H,3-4,7-9,11H2,1-2H3. The van der Waals surface area contributed by atoms with E-state index in [1.165, 1.54) is 0 Å². The van der Waals surface area contributed by atoms with Crippen LogP contribution in [0.4, 0.5) is 0 Å². The zero-order valence-corrected chi connectivity index (χ0v) is 13.9. The van der Waals surface area contributed by atoms with Crippen molar-refractivity contribution < 1.29 is 17.9 Å². The van der Waals surface area contributed by atoms with Gasteiger partial charge in [-0.05, 0) is 43.9 Å². The van der Waals surface area contributed by atoms with Crippen molar-refractivity contribution in [1.82, 2.24) is 4.31 Å². The van der Waals surface area contributed by atoms with Gasteiger partial charge in [-0.15, -0.1) is 0 Å². The summed E-state index contributed by atoms with van der Waals surface area (Å²) in [7, 11) is -3.46. The van der Waals surface area contributed by atoms with Crippen molar-refractivity contribution in [3.05, 3.63) is 29.3 Å². The van der Waals surface area contributed by atoms with Crippen LogP contribution in [0.3, 0.4) is 0 Å². The summed E-state index contributed by atoms with van der Waals surface area (Å²) in [4.78, 5) is 0.418. The van der Waals surface area contributed by atoms with Gasteiger partial charge in [0.25, 0.3) is 0 Å². The van der Waals surface area contributed by atoms with E-state index in [0.717, 1.165) is 24.0 Å². The molecule has 0 aromatic heterocycles. The second-order valence-electron chi connectivity index (χ2n) is 6.14. The van der Waals surface area contributed by atoms with Gasteiger partial charge in [-0.3, -0.25) is 0 Å². The largest absolute Gasteiger partial charge is 0.350 e. The quantitative estimate of drug-likeness (QED) is 0.854. The molecule has 2 aliphatic heterocycles. The maximum Gasteiger partial charge on any atom is 0.243 e.